The van der Waals surface area contributed by atoms with Gasteiger partial charge in [0.25, 0.3) is 5.91 Å². The summed E-state index contributed by atoms with van der Waals surface area (Å²) in [5.74, 6) is 0.105. The van der Waals surface area contributed by atoms with Gasteiger partial charge < -0.3 is 4.90 Å². The van der Waals surface area contributed by atoms with Crippen molar-refractivity contribution < 1.29 is 4.79 Å². The molecule has 0 spiro atoms. The third-order valence-corrected chi connectivity index (χ3v) is 3.56. The van der Waals surface area contributed by atoms with Gasteiger partial charge in [0.2, 0.25) is 0 Å². The largest absolute Gasteiger partial charge is 0.330 e. The lowest BCUT2D eigenvalue weighted by atomic mass is 10.1. The Morgan fingerprint density at radius 2 is 1.89 bits per heavy atom. The number of hydrogen-bond acceptors (Lipinski definition) is 2. The fraction of sp³-hybridized carbons (Fsp3) is 0.250. The summed E-state index contributed by atoms with van der Waals surface area (Å²) in [5.41, 5.74) is 1.75. The third-order valence-electron chi connectivity index (χ3n) is 3.56. The van der Waals surface area contributed by atoms with Crippen LogP contribution in [0.1, 0.15) is 34.9 Å². The number of pyridine rings is 1. The predicted octanol–water partition coefficient (Wildman–Crippen LogP) is 3.06. The first-order chi connectivity index (χ1) is 9.36. The van der Waals surface area contributed by atoms with E-state index in [0.717, 1.165) is 30.6 Å². The van der Waals surface area contributed by atoms with Crippen molar-refractivity contribution in [1.82, 2.24) is 9.88 Å². The minimum atomic E-state index is 0.105. The Morgan fingerprint density at radius 1 is 1.11 bits per heavy atom. The lowest BCUT2D eigenvalue weighted by molar-refractivity contribution is 0.0733. The molecule has 2 aromatic rings. The molecule has 0 bridgehead atoms. The van der Waals surface area contributed by atoms with Gasteiger partial charge >= 0.3 is 0 Å². The fourth-order valence-electron chi connectivity index (χ4n) is 2.64. The number of amides is 1. The minimum absolute atomic E-state index is 0.105. The normalized spacial score (nSPS) is 18.5. The van der Waals surface area contributed by atoms with Crippen molar-refractivity contribution in [1.29, 1.82) is 0 Å². The number of rotatable bonds is 2. The van der Waals surface area contributed by atoms with E-state index in [4.69, 9.17) is 0 Å². The van der Waals surface area contributed by atoms with E-state index in [0.29, 0.717) is 0 Å². The van der Waals surface area contributed by atoms with Gasteiger partial charge in [0.15, 0.2) is 0 Å². The van der Waals surface area contributed by atoms with Crippen molar-refractivity contribution in [3.63, 3.8) is 0 Å². The Bertz CT molecular complexity index is 553. The molecule has 0 radical (unpaired) electrons. The van der Waals surface area contributed by atoms with Gasteiger partial charge in [-0.15, -0.1) is 0 Å². The number of nitrogens with zero attached hydrogens (tertiary/aromatic N) is 2. The number of carbonyl (C=O) groups excluding carboxylic acids is 1. The lowest BCUT2D eigenvalue weighted by Gasteiger charge is -2.24. The minimum Gasteiger partial charge on any atom is -0.330 e. The number of carbonyl (C=O) groups is 1. The summed E-state index contributed by atoms with van der Waals surface area (Å²) in [6.07, 6.45) is 3.83. The van der Waals surface area contributed by atoms with E-state index in [9.17, 15) is 4.79 Å². The van der Waals surface area contributed by atoms with E-state index in [1.807, 2.05) is 53.4 Å². The van der Waals surface area contributed by atoms with Gasteiger partial charge in [-0.2, -0.15) is 0 Å². The molecular weight excluding hydrogens is 236 g/mol. The molecule has 0 saturated carbocycles. The summed E-state index contributed by atoms with van der Waals surface area (Å²) in [5, 5.41) is 0. The van der Waals surface area contributed by atoms with Crippen LogP contribution >= 0.6 is 0 Å². The zero-order valence-corrected chi connectivity index (χ0v) is 10.7. The van der Waals surface area contributed by atoms with Crippen molar-refractivity contribution in [2.24, 2.45) is 0 Å². The first kappa shape index (κ1) is 11.9. The van der Waals surface area contributed by atoms with Crippen LogP contribution in [0.15, 0.2) is 54.7 Å². The van der Waals surface area contributed by atoms with Crippen LogP contribution in [0.3, 0.4) is 0 Å². The van der Waals surface area contributed by atoms with Crippen LogP contribution in [0.25, 0.3) is 0 Å². The lowest BCUT2D eigenvalue weighted by Crippen LogP contribution is -2.30. The summed E-state index contributed by atoms with van der Waals surface area (Å²) in [6, 6.07) is 15.5. The zero-order valence-electron chi connectivity index (χ0n) is 10.7. The predicted molar refractivity (Wildman–Crippen MR) is 73.7 cm³/mol. The van der Waals surface area contributed by atoms with Crippen LogP contribution in [0.4, 0.5) is 0 Å². The van der Waals surface area contributed by atoms with E-state index in [1.165, 1.54) is 0 Å². The highest BCUT2D eigenvalue weighted by Crippen LogP contribution is 2.31. The highest BCUT2D eigenvalue weighted by molar-refractivity contribution is 5.94. The molecule has 1 atom stereocenters. The average Bonchev–Trinajstić information content (AvgIpc) is 2.98. The van der Waals surface area contributed by atoms with Gasteiger partial charge in [0, 0.05) is 18.3 Å². The maximum Gasteiger partial charge on any atom is 0.254 e. The summed E-state index contributed by atoms with van der Waals surface area (Å²) in [6.45, 7) is 0.814. The molecule has 1 fully saturated rings. The SMILES string of the molecule is O=C(c1ccccc1)N1CCC[C@@H]1c1ccccn1. The quantitative estimate of drug-likeness (QED) is 0.823. The molecule has 1 aromatic carbocycles. The fourth-order valence-corrected chi connectivity index (χ4v) is 2.64. The molecule has 3 heteroatoms. The van der Waals surface area contributed by atoms with E-state index in [-0.39, 0.29) is 11.9 Å². The van der Waals surface area contributed by atoms with E-state index < -0.39 is 0 Å². The maximum absolute atomic E-state index is 12.5. The van der Waals surface area contributed by atoms with Gasteiger partial charge in [-0.05, 0) is 37.1 Å². The second-order valence-corrected chi connectivity index (χ2v) is 4.78. The van der Waals surface area contributed by atoms with Crippen LogP contribution in [-0.4, -0.2) is 22.3 Å². The Kier molecular flexibility index (Phi) is 3.27. The van der Waals surface area contributed by atoms with Crippen LogP contribution in [0, 0.1) is 0 Å². The van der Waals surface area contributed by atoms with Crippen molar-refractivity contribution in [2.75, 3.05) is 6.54 Å². The Morgan fingerprint density at radius 3 is 2.63 bits per heavy atom. The number of hydrogen-bond donors (Lipinski definition) is 0. The molecule has 19 heavy (non-hydrogen) atoms. The Hall–Kier alpha value is -2.16. The van der Waals surface area contributed by atoms with Crippen molar-refractivity contribution >= 4 is 5.91 Å². The molecule has 1 aliphatic heterocycles. The first-order valence-corrected chi connectivity index (χ1v) is 6.63. The van der Waals surface area contributed by atoms with Crippen LogP contribution in [-0.2, 0) is 0 Å². The molecule has 1 saturated heterocycles. The van der Waals surface area contributed by atoms with Gasteiger partial charge in [-0.1, -0.05) is 24.3 Å². The number of benzene rings is 1. The summed E-state index contributed by atoms with van der Waals surface area (Å²) in [4.78, 5) is 18.9. The Balaban J connectivity index is 1.86. The average molecular weight is 252 g/mol. The molecule has 1 amide bonds. The summed E-state index contributed by atoms with van der Waals surface area (Å²) >= 11 is 0. The van der Waals surface area contributed by atoms with Crippen molar-refractivity contribution in [3.8, 4) is 0 Å². The molecule has 0 aliphatic carbocycles. The monoisotopic (exact) mass is 252 g/mol. The van der Waals surface area contributed by atoms with E-state index in [1.54, 1.807) is 6.20 Å². The zero-order chi connectivity index (χ0) is 13.1. The smallest absolute Gasteiger partial charge is 0.254 e. The maximum atomic E-state index is 12.5. The molecule has 3 nitrogen and oxygen atoms in total. The van der Waals surface area contributed by atoms with E-state index >= 15 is 0 Å². The molecule has 2 heterocycles. The highest BCUT2D eigenvalue weighted by atomic mass is 16.2. The first-order valence-electron chi connectivity index (χ1n) is 6.63. The standard InChI is InChI=1S/C16H16N2O/c19-16(13-7-2-1-3-8-13)18-12-6-10-15(18)14-9-4-5-11-17-14/h1-5,7-9,11,15H,6,10,12H2/t15-/m1/s1. The number of likely N-dealkylation sites (tertiary alicyclic amines) is 1. The molecule has 3 rings (SSSR count). The third kappa shape index (κ3) is 2.36. The second-order valence-electron chi connectivity index (χ2n) is 4.78. The highest BCUT2D eigenvalue weighted by Gasteiger charge is 2.31. The Labute approximate surface area is 112 Å². The molecule has 96 valence electrons. The topological polar surface area (TPSA) is 33.2 Å². The second kappa shape index (κ2) is 5.22. The molecule has 1 aromatic heterocycles. The van der Waals surface area contributed by atoms with Crippen LogP contribution in [0.5, 0.6) is 0 Å². The van der Waals surface area contributed by atoms with Gasteiger partial charge in [-0.25, -0.2) is 0 Å². The van der Waals surface area contributed by atoms with E-state index in [2.05, 4.69) is 4.98 Å². The van der Waals surface area contributed by atoms with Crippen molar-refractivity contribution in [3.05, 3.63) is 66.0 Å². The summed E-state index contributed by atoms with van der Waals surface area (Å²) in [7, 11) is 0. The van der Waals surface area contributed by atoms with Crippen LogP contribution in [0.2, 0.25) is 0 Å². The van der Waals surface area contributed by atoms with Crippen molar-refractivity contribution in [2.45, 2.75) is 18.9 Å². The van der Waals surface area contributed by atoms with Gasteiger partial charge in [0.05, 0.1) is 11.7 Å². The van der Waals surface area contributed by atoms with Crippen LogP contribution < -0.4 is 0 Å². The summed E-state index contributed by atoms with van der Waals surface area (Å²) < 4.78 is 0. The number of aromatic nitrogens is 1. The molecule has 1 aliphatic rings. The molecule has 0 unspecified atom stereocenters. The van der Waals surface area contributed by atoms with Gasteiger partial charge in [0.1, 0.15) is 0 Å². The van der Waals surface area contributed by atoms with Gasteiger partial charge in [-0.3, -0.25) is 9.78 Å². The molecule has 0 N–H and O–H groups in total. The molecular formula is C16H16N2O.